The predicted octanol–water partition coefficient (Wildman–Crippen LogP) is 2.65. The van der Waals surface area contributed by atoms with Crippen LogP contribution in [-0.2, 0) is 30.3 Å². The van der Waals surface area contributed by atoms with Gasteiger partial charge >= 0.3 is 0 Å². The summed E-state index contributed by atoms with van der Waals surface area (Å²) in [4.78, 5) is 0. The van der Waals surface area contributed by atoms with Crippen LogP contribution in [0.3, 0.4) is 0 Å². The van der Waals surface area contributed by atoms with Gasteiger partial charge in [0.05, 0.1) is 19.8 Å². The van der Waals surface area contributed by atoms with Gasteiger partial charge in [-0.3, -0.25) is 0 Å². The van der Waals surface area contributed by atoms with Crippen molar-refractivity contribution in [3.8, 4) is 0 Å². The highest BCUT2D eigenvalue weighted by Crippen LogP contribution is 2.39. The zero-order valence-corrected chi connectivity index (χ0v) is 13.6. The molecular formula is C18H24O5. The van der Waals surface area contributed by atoms with Crippen molar-refractivity contribution in [3.05, 3.63) is 48.6 Å². The fourth-order valence-electron chi connectivity index (χ4n) is 2.94. The summed E-state index contributed by atoms with van der Waals surface area (Å²) in [5, 5.41) is 0. The van der Waals surface area contributed by atoms with Crippen molar-refractivity contribution in [2.24, 2.45) is 0 Å². The molecule has 23 heavy (non-hydrogen) atoms. The minimum absolute atomic E-state index is 0.185. The third-order valence-electron chi connectivity index (χ3n) is 3.88. The molecule has 0 saturated carbocycles. The van der Waals surface area contributed by atoms with Crippen molar-refractivity contribution >= 4 is 0 Å². The molecule has 2 fully saturated rings. The number of ether oxygens (including phenoxy) is 5. The number of hydrogen-bond donors (Lipinski definition) is 0. The minimum Gasteiger partial charge on any atom is -0.374 e. The highest BCUT2D eigenvalue weighted by Gasteiger charge is 2.55. The van der Waals surface area contributed by atoms with Gasteiger partial charge in [0.15, 0.2) is 12.1 Å². The van der Waals surface area contributed by atoms with E-state index in [9.17, 15) is 0 Å². The Balaban J connectivity index is 1.57. The van der Waals surface area contributed by atoms with Gasteiger partial charge in [-0.25, -0.2) is 0 Å². The van der Waals surface area contributed by atoms with Crippen LogP contribution in [0.25, 0.3) is 0 Å². The summed E-state index contributed by atoms with van der Waals surface area (Å²) in [5.74, 6) is -0.632. The quantitative estimate of drug-likeness (QED) is 0.723. The zero-order chi connectivity index (χ0) is 16.3. The molecule has 0 radical (unpaired) electrons. The topological polar surface area (TPSA) is 46.2 Å². The Kier molecular flexibility index (Phi) is 5.14. The standard InChI is InChI=1S/C18H24O5/c1-4-10-20-17-16-15(22-18(2,3)23-16)14(21-17)12-19-11-13-8-6-5-7-9-13/h4-9,14-17H,1,10-12H2,2-3H3/t14-,15-,16-,17-/m1/s1. The lowest BCUT2D eigenvalue weighted by molar-refractivity contribution is -0.235. The summed E-state index contributed by atoms with van der Waals surface area (Å²) in [7, 11) is 0. The molecule has 1 aromatic carbocycles. The Labute approximate surface area is 137 Å². The molecule has 4 atom stereocenters. The summed E-state index contributed by atoms with van der Waals surface area (Å²) in [6.45, 7) is 8.85. The summed E-state index contributed by atoms with van der Waals surface area (Å²) in [6.07, 6.45) is 0.606. The van der Waals surface area contributed by atoms with Crippen molar-refractivity contribution in [3.63, 3.8) is 0 Å². The Hall–Kier alpha value is -1.24. The molecule has 2 heterocycles. The summed E-state index contributed by atoms with van der Waals surface area (Å²) in [6, 6.07) is 10.0. The summed E-state index contributed by atoms with van der Waals surface area (Å²) >= 11 is 0. The molecule has 5 heteroatoms. The van der Waals surface area contributed by atoms with Crippen LogP contribution in [0, 0.1) is 0 Å². The van der Waals surface area contributed by atoms with Crippen LogP contribution in [0.15, 0.2) is 43.0 Å². The van der Waals surface area contributed by atoms with Gasteiger partial charge in [-0.05, 0) is 19.4 Å². The smallest absolute Gasteiger partial charge is 0.187 e. The van der Waals surface area contributed by atoms with E-state index in [-0.39, 0.29) is 18.3 Å². The van der Waals surface area contributed by atoms with E-state index >= 15 is 0 Å². The molecule has 0 aromatic heterocycles. The third kappa shape index (κ3) is 4.00. The van der Waals surface area contributed by atoms with E-state index in [0.717, 1.165) is 5.56 Å². The van der Waals surface area contributed by atoms with E-state index in [2.05, 4.69) is 6.58 Å². The Morgan fingerprint density at radius 1 is 1.17 bits per heavy atom. The third-order valence-corrected chi connectivity index (χ3v) is 3.88. The normalized spacial score (nSPS) is 31.9. The molecule has 5 nitrogen and oxygen atoms in total. The van der Waals surface area contributed by atoms with Crippen LogP contribution in [-0.4, -0.2) is 43.6 Å². The molecule has 3 rings (SSSR count). The van der Waals surface area contributed by atoms with E-state index < -0.39 is 12.1 Å². The Bertz CT molecular complexity index is 515. The Morgan fingerprint density at radius 3 is 2.65 bits per heavy atom. The molecule has 1 aromatic rings. The monoisotopic (exact) mass is 320 g/mol. The van der Waals surface area contributed by atoms with Crippen LogP contribution >= 0.6 is 0 Å². The van der Waals surface area contributed by atoms with Crippen LogP contribution < -0.4 is 0 Å². The molecule has 2 aliphatic rings. The number of hydrogen-bond acceptors (Lipinski definition) is 5. The molecular weight excluding hydrogens is 296 g/mol. The van der Waals surface area contributed by atoms with Gasteiger partial charge in [0, 0.05) is 0 Å². The molecule has 0 aliphatic carbocycles. The first-order chi connectivity index (χ1) is 11.1. The van der Waals surface area contributed by atoms with Gasteiger partial charge in [-0.1, -0.05) is 36.4 Å². The maximum absolute atomic E-state index is 5.97. The van der Waals surface area contributed by atoms with E-state index in [4.69, 9.17) is 23.7 Å². The van der Waals surface area contributed by atoms with Gasteiger partial charge in [0.1, 0.15) is 18.3 Å². The molecule has 0 unspecified atom stereocenters. The van der Waals surface area contributed by atoms with Crippen molar-refractivity contribution in [1.29, 1.82) is 0 Å². The first-order valence-corrected chi connectivity index (χ1v) is 7.94. The number of fused-ring (bicyclic) bond motifs is 1. The van der Waals surface area contributed by atoms with Crippen molar-refractivity contribution in [1.82, 2.24) is 0 Å². The lowest BCUT2D eigenvalue weighted by Crippen LogP contribution is -2.33. The summed E-state index contributed by atoms with van der Waals surface area (Å²) in [5.41, 5.74) is 1.13. The second-order valence-electron chi connectivity index (χ2n) is 6.23. The highest BCUT2D eigenvalue weighted by atomic mass is 16.8. The molecule has 0 bridgehead atoms. The molecule has 0 N–H and O–H groups in total. The van der Waals surface area contributed by atoms with Gasteiger partial charge in [0.25, 0.3) is 0 Å². The SMILES string of the molecule is C=CCO[C@@H]1O[C@H](COCc2ccccc2)[C@H]2OC(C)(C)O[C@@H]12. The lowest BCUT2D eigenvalue weighted by Gasteiger charge is -2.24. The lowest BCUT2D eigenvalue weighted by atomic mass is 10.1. The maximum atomic E-state index is 5.97. The predicted molar refractivity (Wildman–Crippen MR) is 84.7 cm³/mol. The van der Waals surface area contributed by atoms with Crippen molar-refractivity contribution in [2.75, 3.05) is 13.2 Å². The fraction of sp³-hybridized carbons (Fsp3) is 0.556. The largest absolute Gasteiger partial charge is 0.374 e. The molecule has 126 valence electrons. The molecule has 2 aliphatic heterocycles. The van der Waals surface area contributed by atoms with E-state index in [1.165, 1.54) is 0 Å². The minimum atomic E-state index is -0.632. The van der Waals surface area contributed by atoms with E-state index in [1.807, 2.05) is 44.2 Å². The average molecular weight is 320 g/mol. The van der Waals surface area contributed by atoms with E-state index in [1.54, 1.807) is 6.08 Å². The van der Waals surface area contributed by atoms with Crippen molar-refractivity contribution in [2.45, 2.75) is 50.8 Å². The Morgan fingerprint density at radius 2 is 1.91 bits per heavy atom. The van der Waals surface area contributed by atoms with Crippen LogP contribution in [0.5, 0.6) is 0 Å². The van der Waals surface area contributed by atoms with Crippen LogP contribution in [0.4, 0.5) is 0 Å². The van der Waals surface area contributed by atoms with Crippen LogP contribution in [0.1, 0.15) is 19.4 Å². The first kappa shape index (κ1) is 16.6. The van der Waals surface area contributed by atoms with Gasteiger partial charge < -0.3 is 23.7 Å². The second kappa shape index (κ2) is 7.11. The molecule has 0 amide bonds. The maximum Gasteiger partial charge on any atom is 0.187 e. The summed E-state index contributed by atoms with van der Waals surface area (Å²) < 4.78 is 29.2. The molecule has 0 spiro atoms. The van der Waals surface area contributed by atoms with Gasteiger partial charge in [0.2, 0.25) is 0 Å². The van der Waals surface area contributed by atoms with E-state index in [0.29, 0.717) is 19.8 Å². The van der Waals surface area contributed by atoms with Crippen LogP contribution in [0.2, 0.25) is 0 Å². The fourth-order valence-corrected chi connectivity index (χ4v) is 2.94. The van der Waals surface area contributed by atoms with Gasteiger partial charge in [-0.15, -0.1) is 6.58 Å². The van der Waals surface area contributed by atoms with Gasteiger partial charge in [-0.2, -0.15) is 0 Å². The number of rotatable bonds is 7. The number of benzene rings is 1. The van der Waals surface area contributed by atoms with Crippen molar-refractivity contribution < 1.29 is 23.7 Å². The highest BCUT2D eigenvalue weighted by molar-refractivity contribution is 5.13. The second-order valence-corrected chi connectivity index (χ2v) is 6.23. The molecule has 2 saturated heterocycles. The average Bonchev–Trinajstić information content (AvgIpc) is 3.00. The first-order valence-electron chi connectivity index (χ1n) is 7.94. The zero-order valence-electron chi connectivity index (χ0n) is 13.6.